The Kier molecular flexibility index (Phi) is 2.38. The normalized spacial score (nSPS) is 10.7. The average molecular weight is 236 g/mol. The van der Waals surface area contributed by atoms with Crippen LogP contribution in [0.5, 0.6) is 0 Å². The first-order chi connectivity index (χ1) is 8.75. The van der Waals surface area contributed by atoms with Crippen molar-refractivity contribution in [3.63, 3.8) is 0 Å². The molecule has 3 rings (SSSR count). The predicted molar refractivity (Wildman–Crippen MR) is 71.8 cm³/mol. The maximum atomic E-state index is 11.0. The SMILES string of the molecule is NC(=O)c1ccc(-n2ccc3ccccc32)cc1. The molecule has 0 unspecified atom stereocenters. The number of fused-ring (bicyclic) bond motifs is 1. The van der Waals surface area contributed by atoms with Crippen molar-refractivity contribution < 1.29 is 4.79 Å². The smallest absolute Gasteiger partial charge is 0.248 e. The molecule has 0 aliphatic rings. The summed E-state index contributed by atoms with van der Waals surface area (Å²) in [4.78, 5) is 11.0. The van der Waals surface area contributed by atoms with Gasteiger partial charge in [0.05, 0.1) is 5.52 Å². The third-order valence-electron chi connectivity index (χ3n) is 3.03. The van der Waals surface area contributed by atoms with Gasteiger partial charge in [-0.2, -0.15) is 0 Å². The number of nitrogens with zero attached hydrogens (tertiary/aromatic N) is 1. The molecule has 0 aliphatic heterocycles. The van der Waals surface area contributed by atoms with Crippen molar-refractivity contribution >= 4 is 16.8 Å². The summed E-state index contributed by atoms with van der Waals surface area (Å²) in [5.74, 6) is -0.404. The standard InChI is InChI=1S/C15H12N2O/c16-15(18)12-5-7-13(8-6-12)17-10-9-11-3-1-2-4-14(11)17/h1-10H,(H2,16,18). The Bertz CT molecular complexity index is 711. The topological polar surface area (TPSA) is 48.0 Å². The predicted octanol–water partition coefficient (Wildman–Crippen LogP) is 2.73. The fourth-order valence-corrected chi connectivity index (χ4v) is 2.09. The number of primary amides is 1. The molecule has 1 heterocycles. The molecule has 88 valence electrons. The Balaban J connectivity index is 2.12. The number of carbonyl (C=O) groups is 1. The van der Waals surface area contributed by atoms with E-state index in [1.807, 2.05) is 30.5 Å². The van der Waals surface area contributed by atoms with Crippen molar-refractivity contribution in [3.05, 3.63) is 66.4 Å². The van der Waals surface area contributed by atoms with Gasteiger partial charge in [0.1, 0.15) is 0 Å². The molecular weight excluding hydrogens is 224 g/mol. The van der Waals surface area contributed by atoms with Crippen molar-refractivity contribution in [2.24, 2.45) is 5.73 Å². The minimum atomic E-state index is -0.404. The molecule has 3 nitrogen and oxygen atoms in total. The summed E-state index contributed by atoms with van der Waals surface area (Å²) < 4.78 is 2.08. The summed E-state index contributed by atoms with van der Waals surface area (Å²) in [6.45, 7) is 0. The van der Waals surface area contributed by atoms with Crippen LogP contribution in [0.2, 0.25) is 0 Å². The molecule has 2 aromatic carbocycles. The van der Waals surface area contributed by atoms with Crippen LogP contribution in [-0.2, 0) is 0 Å². The van der Waals surface area contributed by atoms with Gasteiger partial charge in [0.2, 0.25) is 5.91 Å². The van der Waals surface area contributed by atoms with E-state index in [0.717, 1.165) is 11.2 Å². The van der Waals surface area contributed by atoms with Crippen LogP contribution in [0.25, 0.3) is 16.6 Å². The van der Waals surface area contributed by atoms with E-state index < -0.39 is 5.91 Å². The number of amides is 1. The highest BCUT2D eigenvalue weighted by Crippen LogP contribution is 2.20. The zero-order valence-electron chi connectivity index (χ0n) is 9.71. The Morgan fingerprint density at radius 1 is 0.944 bits per heavy atom. The third-order valence-corrected chi connectivity index (χ3v) is 3.03. The lowest BCUT2D eigenvalue weighted by Crippen LogP contribution is -2.10. The van der Waals surface area contributed by atoms with Gasteiger partial charge in [-0.05, 0) is 41.8 Å². The van der Waals surface area contributed by atoms with Gasteiger partial charge < -0.3 is 10.3 Å². The second kappa shape index (κ2) is 4.04. The highest BCUT2D eigenvalue weighted by molar-refractivity contribution is 5.93. The van der Waals surface area contributed by atoms with E-state index in [9.17, 15) is 4.79 Å². The van der Waals surface area contributed by atoms with Gasteiger partial charge in [0.25, 0.3) is 0 Å². The Hall–Kier alpha value is -2.55. The number of benzene rings is 2. The van der Waals surface area contributed by atoms with Gasteiger partial charge in [-0.3, -0.25) is 4.79 Å². The van der Waals surface area contributed by atoms with Crippen LogP contribution in [0.15, 0.2) is 60.8 Å². The first kappa shape index (κ1) is 10.6. The second-order valence-electron chi connectivity index (χ2n) is 4.16. The summed E-state index contributed by atoms with van der Waals surface area (Å²) in [7, 11) is 0. The van der Waals surface area contributed by atoms with Gasteiger partial charge in [-0.25, -0.2) is 0 Å². The minimum Gasteiger partial charge on any atom is -0.366 e. The van der Waals surface area contributed by atoms with E-state index in [-0.39, 0.29) is 0 Å². The first-order valence-corrected chi connectivity index (χ1v) is 5.72. The Morgan fingerprint density at radius 3 is 2.39 bits per heavy atom. The number of para-hydroxylation sites is 1. The van der Waals surface area contributed by atoms with Crippen molar-refractivity contribution in [3.8, 4) is 5.69 Å². The van der Waals surface area contributed by atoms with Crippen molar-refractivity contribution in [1.29, 1.82) is 0 Å². The molecule has 0 radical (unpaired) electrons. The fraction of sp³-hybridized carbons (Fsp3) is 0. The van der Waals surface area contributed by atoms with E-state index >= 15 is 0 Å². The quantitative estimate of drug-likeness (QED) is 0.730. The minimum absolute atomic E-state index is 0.404. The van der Waals surface area contributed by atoms with Crippen LogP contribution >= 0.6 is 0 Å². The van der Waals surface area contributed by atoms with Gasteiger partial charge in [0, 0.05) is 17.4 Å². The molecule has 3 heteroatoms. The van der Waals surface area contributed by atoms with Gasteiger partial charge in [-0.15, -0.1) is 0 Å². The molecule has 0 saturated heterocycles. The summed E-state index contributed by atoms with van der Waals surface area (Å²) >= 11 is 0. The maximum Gasteiger partial charge on any atom is 0.248 e. The van der Waals surface area contributed by atoms with Crippen molar-refractivity contribution in [2.45, 2.75) is 0 Å². The first-order valence-electron chi connectivity index (χ1n) is 5.72. The molecule has 1 amide bonds. The summed E-state index contributed by atoms with van der Waals surface area (Å²) in [6, 6.07) is 17.5. The summed E-state index contributed by atoms with van der Waals surface area (Å²) in [5.41, 5.74) is 7.91. The lowest BCUT2D eigenvalue weighted by atomic mass is 10.2. The van der Waals surface area contributed by atoms with Crippen LogP contribution in [0.1, 0.15) is 10.4 Å². The average Bonchev–Trinajstić information content (AvgIpc) is 2.82. The highest BCUT2D eigenvalue weighted by Gasteiger charge is 2.04. The van der Waals surface area contributed by atoms with Gasteiger partial charge in [0.15, 0.2) is 0 Å². The molecule has 3 aromatic rings. The van der Waals surface area contributed by atoms with Crippen molar-refractivity contribution in [1.82, 2.24) is 4.57 Å². The zero-order valence-corrected chi connectivity index (χ0v) is 9.71. The van der Waals surface area contributed by atoms with Crippen LogP contribution in [0, 0.1) is 0 Å². The molecule has 2 N–H and O–H groups in total. The maximum absolute atomic E-state index is 11.0. The molecular formula is C15H12N2O. The Morgan fingerprint density at radius 2 is 1.67 bits per heavy atom. The van der Waals surface area contributed by atoms with E-state index in [2.05, 4.69) is 22.8 Å². The monoisotopic (exact) mass is 236 g/mol. The van der Waals surface area contributed by atoms with E-state index in [4.69, 9.17) is 5.73 Å². The van der Waals surface area contributed by atoms with Crippen LogP contribution in [0.3, 0.4) is 0 Å². The van der Waals surface area contributed by atoms with E-state index in [1.54, 1.807) is 12.1 Å². The lowest BCUT2D eigenvalue weighted by molar-refractivity contribution is 0.100. The summed E-state index contributed by atoms with van der Waals surface area (Å²) in [6.07, 6.45) is 2.02. The fourth-order valence-electron chi connectivity index (χ4n) is 2.09. The van der Waals surface area contributed by atoms with E-state index in [0.29, 0.717) is 5.56 Å². The van der Waals surface area contributed by atoms with Gasteiger partial charge >= 0.3 is 0 Å². The lowest BCUT2D eigenvalue weighted by Gasteiger charge is -2.05. The third kappa shape index (κ3) is 1.66. The molecule has 0 aliphatic carbocycles. The number of aromatic nitrogens is 1. The van der Waals surface area contributed by atoms with Crippen molar-refractivity contribution in [2.75, 3.05) is 0 Å². The number of rotatable bonds is 2. The van der Waals surface area contributed by atoms with Crippen LogP contribution in [0.4, 0.5) is 0 Å². The van der Waals surface area contributed by atoms with Crippen LogP contribution in [-0.4, -0.2) is 10.5 Å². The molecule has 0 atom stereocenters. The molecule has 18 heavy (non-hydrogen) atoms. The zero-order chi connectivity index (χ0) is 12.5. The number of hydrogen-bond acceptors (Lipinski definition) is 1. The molecule has 0 bridgehead atoms. The Labute approximate surface area is 104 Å². The molecule has 0 fully saturated rings. The summed E-state index contributed by atoms with van der Waals surface area (Å²) in [5, 5.41) is 1.19. The number of nitrogens with two attached hydrogens (primary N) is 1. The largest absolute Gasteiger partial charge is 0.366 e. The number of hydrogen-bond donors (Lipinski definition) is 1. The second-order valence-corrected chi connectivity index (χ2v) is 4.16. The molecule has 0 saturated carbocycles. The van der Waals surface area contributed by atoms with E-state index in [1.165, 1.54) is 5.39 Å². The van der Waals surface area contributed by atoms with Crippen LogP contribution < -0.4 is 5.73 Å². The van der Waals surface area contributed by atoms with Gasteiger partial charge in [-0.1, -0.05) is 18.2 Å². The highest BCUT2D eigenvalue weighted by atomic mass is 16.1. The molecule has 1 aromatic heterocycles. The number of carbonyl (C=O) groups excluding carboxylic acids is 1. The molecule has 0 spiro atoms.